The van der Waals surface area contributed by atoms with Gasteiger partial charge in [0.15, 0.2) is 5.96 Å². The van der Waals surface area contributed by atoms with Crippen molar-refractivity contribution >= 4 is 35.8 Å². The molecule has 2 unspecified atom stereocenters. The number of halogens is 1. The first-order valence-corrected chi connectivity index (χ1v) is 8.56. The Labute approximate surface area is 169 Å². The van der Waals surface area contributed by atoms with Gasteiger partial charge in [0, 0.05) is 37.5 Å². The molecule has 1 rings (SSSR count). The first kappa shape index (κ1) is 23.7. The summed E-state index contributed by atoms with van der Waals surface area (Å²) in [6.45, 7) is 11.3. The van der Waals surface area contributed by atoms with Gasteiger partial charge in [-0.1, -0.05) is 58.0 Å². The smallest absolute Gasteiger partial charge is 0.225 e. The summed E-state index contributed by atoms with van der Waals surface area (Å²) in [5, 5.41) is 9.57. The molecular formula is C19H33IN4O. The first-order chi connectivity index (χ1) is 11.3. The molecule has 1 aromatic rings. The van der Waals surface area contributed by atoms with E-state index in [0.29, 0.717) is 19.0 Å². The summed E-state index contributed by atoms with van der Waals surface area (Å²) in [6, 6.07) is 10.7. The topological polar surface area (TPSA) is 65.5 Å². The third-order valence-corrected chi connectivity index (χ3v) is 4.05. The van der Waals surface area contributed by atoms with Gasteiger partial charge in [-0.2, -0.15) is 0 Å². The molecule has 5 nitrogen and oxygen atoms in total. The number of nitrogens with one attached hydrogen (secondary N) is 3. The zero-order valence-corrected chi connectivity index (χ0v) is 18.5. The van der Waals surface area contributed by atoms with Crippen molar-refractivity contribution in [1.82, 2.24) is 16.0 Å². The fourth-order valence-electron chi connectivity index (χ4n) is 2.20. The summed E-state index contributed by atoms with van der Waals surface area (Å²) in [5.74, 6) is 1.17. The van der Waals surface area contributed by atoms with Crippen LogP contribution in [-0.2, 0) is 4.79 Å². The van der Waals surface area contributed by atoms with Gasteiger partial charge in [0.25, 0.3) is 0 Å². The first-order valence-electron chi connectivity index (χ1n) is 8.56. The van der Waals surface area contributed by atoms with E-state index in [0.717, 1.165) is 5.96 Å². The van der Waals surface area contributed by atoms with E-state index < -0.39 is 0 Å². The van der Waals surface area contributed by atoms with Crippen molar-refractivity contribution in [2.45, 2.75) is 46.6 Å². The molecule has 2 atom stereocenters. The van der Waals surface area contributed by atoms with Crippen molar-refractivity contribution in [2.24, 2.45) is 10.4 Å². The number of carbonyl (C=O) groups excluding carboxylic acids is 1. The lowest BCUT2D eigenvalue weighted by Crippen LogP contribution is -2.47. The van der Waals surface area contributed by atoms with Crippen LogP contribution in [0, 0.1) is 5.41 Å². The Morgan fingerprint density at radius 3 is 2.16 bits per heavy atom. The summed E-state index contributed by atoms with van der Waals surface area (Å²) in [5.41, 5.74) is 0.935. The van der Waals surface area contributed by atoms with Gasteiger partial charge in [-0.05, 0) is 12.5 Å². The maximum atomic E-state index is 11.8. The molecule has 0 heterocycles. The van der Waals surface area contributed by atoms with E-state index in [1.807, 2.05) is 26.8 Å². The van der Waals surface area contributed by atoms with Gasteiger partial charge in [0.05, 0.1) is 0 Å². The lowest BCUT2D eigenvalue weighted by Gasteiger charge is -2.24. The van der Waals surface area contributed by atoms with Crippen LogP contribution in [0.5, 0.6) is 0 Å². The molecule has 1 aromatic carbocycles. The van der Waals surface area contributed by atoms with E-state index in [1.165, 1.54) is 5.56 Å². The van der Waals surface area contributed by atoms with Gasteiger partial charge in [-0.3, -0.25) is 9.79 Å². The maximum Gasteiger partial charge on any atom is 0.225 e. The Kier molecular flexibility index (Phi) is 10.7. The summed E-state index contributed by atoms with van der Waals surface area (Å²) in [6.07, 6.45) is 0. The molecular weight excluding hydrogens is 427 g/mol. The lowest BCUT2D eigenvalue weighted by molar-refractivity contribution is -0.128. The van der Waals surface area contributed by atoms with Gasteiger partial charge in [0.1, 0.15) is 0 Å². The van der Waals surface area contributed by atoms with E-state index >= 15 is 0 Å². The van der Waals surface area contributed by atoms with Crippen LogP contribution < -0.4 is 16.0 Å². The van der Waals surface area contributed by atoms with Crippen LogP contribution in [0.2, 0.25) is 0 Å². The highest BCUT2D eigenvalue weighted by molar-refractivity contribution is 14.0. The predicted octanol–water partition coefficient (Wildman–Crippen LogP) is 3.12. The van der Waals surface area contributed by atoms with Crippen molar-refractivity contribution in [3.63, 3.8) is 0 Å². The Hall–Kier alpha value is -1.31. The normalized spacial score (nSPS) is 14.1. The van der Waals surface area contributed by atoms with Crippen molar-refractivity contribution in [3.05, 3.63) is 35.9 Å². The number of hydrogen-bond acceptors (Lipinski definition) is 2. The quantitative estimate of drug-likeness (QED) is 0.265. The van der Waals surface area contributed by atoms with Crippen LogP contribution in [0.15, 0.2) is 35.3 Å². The van der Waals surface area contributed by atoms with Gasteiger partial charge in [0.2, 0.25) is 5.91 Å². The largest absolute Gasteiger partial charge is 0.355 e. The summed E-state index contributed by atoms with van der Waals surface area (Å²) in [4.78, 5) is 16.1. The van der Waals surface area contributed by atoms with Crippen LogP contribution in [0.25, 0.3) is 0 Å². The molecule has 0 spiro atoms. The highest BCUT2D eigenvalue weighted by atomic mass is 127. The van der Waals surface area contributed by atoms with Gasteiger partial charge >= 0.3 is 0 Å². The molecule has 1 amide bonds. The molecule has 0 radical (unpaired) electrons. The molecule has 3 N–H and O–H groups in total. The average Bonchev–Trinajstić information content (AvgIpc) is 2.56. The Morgan fingerprint density at radius 2 is 1.64 bits per heavy atom. The SMILES string of the molecule is CN=C(NCCNC(=O)C(C)(C)C)NC(C)C(C)c1ccccc1.I. The van der Waals surface area contributed by atoms with Crippen LogP contribution in [0.4, 0.5) is 0 Å². The fraction of sp³-hybridized carbons (Fsp3) is 0.579. The molecule has 0 aliphatic heterocycles. The van der Waals surface area contributed by atoms with Gasteiger partial charge < -0.3 is 16.0 Å². The summed E-state index contributed by atoms with van der Waals surface area (Å²) < 4.78 is 0. The average molecular weight is 460 g/mol. The fourth-order valence-corrected chi connectivity index (χ4v) is 2.20. The van der Waals surface area contributed by atoms with Crippen LogP contribution in [0.3, 0.4) is 0 Å². The third-order valence-electron chi connectivity index (χ3n) is 4.05. The Bertz CT molecular complexity index is 540. The number of nitrogens with zero attached hydrogens (tertiary/aromatic N) is 1. The molecule has 6 heteroatoms. The second-order valence-electron chi connectivity index (χ2n) is 7.14. The summed E-state index contributed by atoms with van der Waals surface area (Å²) >= 11 is 0. The minimum Gasteiger partial charge on any atom is -0.355 e. The lowest BCUT2D eigenvalue weighted by atomic mass is 9.94. The molecule has 0 bridgehead atoms. The molecule has 0 aliphatic rings. The van der Waals surface area contributed by atoms with Gasteiger partial charge in [-0.15, -0.1) is 24.0 Å². The van der Waals surface area contributed by atoms with Crippen molar-refractivity contribution in [2.75, 3.05) is 20.1 Å². The highest BCUT2D eigenvalue weighted by Crippen LogP contribution is 2.18. The molecule has 0 fully saturated rings. The van der Waals surface area contributed by atoms with Crippen molar-refractivity contribution in [3.8, 4) is 0 Å². The molecule has 0 aliphatic carbocycles. The van der Waals surface area contributed by atoms with E-state index in [4.69, 9.17) is 0 Å². The minimum atomic E-state index is -0.362. The number of carbonyl (C=O) groups is 1. The van der Waals surface area contributed by atoms with Crippen LogP contribution in [0.1, 0.15) is 46.1 Å². The second kappa shape index (κ2) is 11.3. The molecule has 0 saturated heterocycles. The number of amides is 1. The van der Waals surface area contributed by atoms with Gasteiger partial charge in [-0.25, -0.2) is 0 Å². The van der Waals surface area contributed by atoms with Crippen molar-refractivity contribution < 1.29 is 4.79 Å². The number of guanidine groups is 1. The molecule has 0 saturated carbocycles. The number of benzene rings is 1. The second-order valence-corrected chi connectivity index (χ2v) is 7.14. The number of hydrogen-bond donors (Lipinski definition) is 3. The summed E-state index contributed by atoms with van der Waals surface area (Å²) in [7, 11) is 1.75. The van der Waals surface area contributed by atoms with E-state index in [-0.39, 0.29) is 41.3 Å². The molecule has 142 valence electrons. The third kappa shape index (κ3) is 8.56. The van der Waals surface area contributed by atoms with Crippen LogP contribution in [-0.4, -0.2) is 38.0 Å². The molecule has 25 heavy (non-hydrogen) atoms. The van der Waals surface area contributed by atoms with E-state index in [9.17, 15) is 4.79 Å². The Balaban J connectivity index is 0.00000576. The molecule has 0 aromatic heterocycles. The van der Waals surface area contributed by atoms with Crippen LogP contribution >= 0.6 is 24.0 Å². The van der Waals surface area contributed by atoms with E-state index in [2.05, 4.69) is 59.1 Å². The Morgan fingerprint density at radius 1 is 1.08 bits per heavy atom. The zero-order chi connectivity index (χ0) is 18.2. The zero-order valence-electron chi connectivity index (χ0n) is 16.2. The number of rotatable bonds is 6. The standard InChI is InChI=1S/C19H32N4O.HI/c1-14(16-10-8-7-9-11-16)15(2)23-18(20-6)22-13-12-21-17(24)19(3,4)5;/h7-11,14-15H,12-13H2,1-6H3,(H,21,24)(H2,20,22,23);1H. The number of aliphatic imine (C=N–C) groups is 1. The predicted molar refractivity (Wildman–Crippen MR) is 117 cm³/mol. The monoisotopic (exact) mass is 460 g/mol. The highest BCUT2D eigenvalue weighted by Gasteiger charge is 2.20. The van der Waals surface area contributed by atoms with Crippen molar-refractivity contribution in [1.29, 1.82) is 0 Å². The maximum absolute atomic E-state index is 11.8. The minimum absolute atomic E-state index is 0. The van der Waals surface area contributed by atoms with E-state index in [1.54, 1.807) is 7.05 Å².